The smallest absolute Gasteiger partial charge is 0.343 e. The second-order valence-corrected chi connectivity index (χ2v) is 3.92. The highest BCUT2D eigenvalue weighted by molar-refractivity contribution is 5.94. The summed E-state index contributed by atoms with van der Waals surface area (Å²) in [5.74, 6) is -2.18. The fraction of sp³-hybridized carbons (Fsp3) is 0.0714. The summed E-state index contributed by atoms with van der Waals surface area (Å²) in [6, 6.07) is 11.3. The zero-order chi connectivity index (χ0) is 13.8. The van der Waals surface area contributed by atoms with Crippen LogP contribution < -0.4 is 4.74 Å². The van der Waals surface area contributed by atoms with Gasteiger partial charge in [-0.1, -0.05) is 30.3 Å². The van der Waals surface area contributed by atoms with Crippen LogP contribution in [-0.2, 0) is 6.61 Å². The summed E-state index contributed by atoms with van der Waals surface area (Å²) in [7, 11) is 0. The highest BCUT2D eigenvalue weighted by Gasteiger charge is 2.18. The SMILES string of the molecule is O=C(O)c1c(O)cc(O)cc1OCc1ccccc1. The van der Waals surface area contributed by atoms with Crippen LogP contribution in [-0.4, -0.2) is 21.3 Å². The molecule has 2 aromatic rings. The molecule has 0 aliphatic carbocycles. The number of phenolic OH excluding ortho intramolecular Hbond substituents is 1. The minimum atomic E-state index is -1.32. The lowest BCUT2D eigenvalue weighted by atomic mass is 10.1. The van der Waals surface area contributed by atoms with Gasteiger partial charge >= 0.3 is 5.97 Å². The zero-order valence-electron chi connectivity index (χ0n) is 9.91. The van der Waals surface area contributed by atoms with Gasteiger partial charge in [0.05, 0.1) is 0 Å². The lowest BCUT2D eigenvalue weighted by Gasteiger charge is -2.11. The summed E-state index contributed by atoms with van der Waals surface area (Å²) < 4.78 is 5.35. The molecular formula is C14H12O5. The third-order valence-electron chi connectivity index (χ3n) is 2.52. The van der Waals surface area contributed by atoms with Gasteiger partial charge in [-0.2, -0.15) is 0 Å². The van der Waals surface area contributed by atoms with E-state index in [-0.39, 0.29) is 23.7 Å². The number of hydrogen-bond acceptors (Lipinski definition) is 4. The van der Waals surface area contributed by atoms with Crippen LogP contribution in [0.1, 0.15) is 15.9 Å². The average Bonchev–Trinajstić information content (AvgIpc) is 2.36. The lowest BCUT2D eigenvalue weighted by Crippen LogP contribution is -2.03. The predicted molar refractivity (Wildman–Crippen MR) is 67.5 cm³/mol. The van der Waals surface area contributed by atoms with Gasteiger partial charge in [-0.15, -0.1) is 0 Å². The fourth-order valence-electron chi connectivity index (χ4n) is 1.65. The van der Waals surface area contributed by atoms with Crippen LogP contribution in [0.3, 0.4) is 0 Å². The van der Waals surface area contributed by atoms with Crippen molar-refractivity contribution in [2.45, 2.75) is 6.61 Å². The minimum absolute atomic E-state index is 0.0751. The van der Waals surface area contributed by atoms with E-state index in [1.165, 1.54) is 0 Å². The predicted octanol–water partition coefficient (Wildman–Crippen LogP) is 2.38. The van der Waals surface area contributed by atoms with E-state index in [4.69, 9.17) is 9.84 Å². The highest BCUT2D eigenvalue weighted by Crippen LogP contribution is 2.33. The van der Waals surface area contributed by atoms with E-state index in [2.05, 4.69) is 0 Å². The quantitative estimate of drug-likeness (QED) is 0.785. The van der Waals surface area contributed by atoms with Crippen LogP contribution in [0.2, 0.25) is 0 Å². The number of carbonyl (C=O) groups is 1. The fourth-order valence-corrected chi connectivity index (χ4v) is 1.65. The first-order valence-electron chi connectivity index (χ1n) is 5.54. The van der Waals surface area contributed by atoms with Gasteiger partial charge in [-0.3, -0.25) is 0 Å². The Morgan fingerprint density at radius 1 is 1.11 bits per heavy atom. The van der Waals surface area contributed by atoms with Crippen LogP contribution in [0.5, 0.6) is 17.2 Å². The number of phenols is 2. The summed E-state index contributed by atoms with van der Waals surface area (Å²) in [5, 5.41) is 27.9. The maximum atomic E-state index is 11.0. The van der Waals surface area contributed by atoms with E-state index >= 15 is 0 Å². The van der Waals surface area contributed by atoms with Crippen molar-refractivity contribution in [3.63, 3.8) is 0 Å². The van der Waals surface area contributed by atoms with E-state index in [0.717, 1.165) is 17.7 Å². The molecule has 2 aromatic carbocycles. The van der Waals surface area contributed by atoms with Gasteiger partial charge in [0.2, 0.25) is 0 Å². The number of aromatic carboxylic acids is 1. The number of carboxylic acid groups (broad SMARTS) is 1. The molecule has 0 spiro atoms. The zero-order valence-corrected chi connectivity index (χ0v) is 9.91. The van der Waals surface area contributed by atoms with E-state index in [9.17, 15) is 15.0 Å². The summed E-state index contributed by atoms with van der Waals surface area (Å²) in [4.78, 5) is 11.0. The van der Waals surface area contributed by atoms with Crippen molar-refractivity contribution in [3.05, 3.63) is 53.6 Å². The Bertz CT molecular complexity index is 592. The third-order valence-corrected chi connectivity index (χ3v) is 2.52. The molecule has 98 valence electrons. The molecule has 2 rings (SSSR count). The second kappa shape index (κ2) is 5.30. The molecule has 0 aliphatic heterocycles. The average molecular weight is 260 g/mol. The molecule has 0 amide bonds. The molecule has 0 fully saturated rings. The largest absolute Gasteiger partial charge is 0.508 e. The Kier molecular flexibility index (Phi) is 3.56. The van der Waals surface area contributed by atoms with Gasteiger partial charge in [0.25, 0.3) is 0 Å². The molecule has 19 heavy (non-hydrogen) atoms. The topological polar surface area (TPSA) is 87.0 Å². The number of benzene rings is 2. The number of aromatic hydroxyl groups is 2. The molecule has 5 heteroatoms. The Hall–Kier alpha value is -2.69. The monoisotopic (exact) mass is 260 g/mol. The van der Waals surface area contributed by atoms with E-state index in [1.807, 2.05) is 30.3 Å². The number of ether oxygens (including phenoxy) is 1. The van der Waals surface area contributed by atoms with Crippen molar-refractivity contribution >= 4 is 5.97 Å². The highest BCUT2D eigenvalue weighted by atomic mass is 16.5. The molecule has 0 aliphatic rings. The summed E-state index contributed by atoms with van der Waals surface area (Å²) >= 11 is 0. The Morgan fingerprint density at radius 2 is 1.79 bits per heavy atom. The maximum absolute atomic E-state index is 11.0. The second-order valence-electron chi connectivity index (χ2n) is 3.92. The number of carboxylic acids is 1. The van der Waals surface area contributed by atoms with Crippen LogP contribution >= 0.6 is 0 Å². The standard InChI is InChI=1S/C14H12O5/c15-10-6-11(16)13(14(17)18)12(7-10)19-8-9-4-2-1-3-5-9/h1-7,15-16H,8H2,(H,17,18). The molecule has 0 atom stereocenters. The van der Waals surface area contributed by atoms with Crippen molar-refractivity contribution in [1.82, 2.24) is 0 Å². The van der Waals surface area contributed by atoms with Crippen LogP contribution in [0.4, 0.5) is 0 Å². The van der Waals surface area contributed by atoms with Crippen LogP contribution in [0.25, 0.3) is 0 Å². The molecule has 0 bridgehead atoms. The minimum Gasteiger partial charge on any atom is -0.508 e. The number of hydrogen-bond donors (Lipinski definition) is 3. The third kappa shape index (κ3) is 2.95. The van der Waals surface area contributed by atoms with Gasteiger partial charge in [0, 0.05) is 12.1 Å². The molecule has 5 nitrogen and oxygen atoms in total. The summed E-state index contributed by atoms with van der Waals surface area (Å²) in [6.45, 7) is 0.143. The first-order chi connectivity index (χ1) is 9.08. The summed E-state index contributed by atoms with van der Waals surface area (Å²) in [6.07, 6.45) is 0. The first-order valence-corrected chi connectivity index (χ1v) is 5.54. The van der Waals surface area contributed by atoms with Crippen molar-refractivity contribution in [2.24, 2.45) is 0 Å². The maximum Gasteiger partial charge on any atom is 0.343 e. The normalized spacial score (nSPS) is 10.1. The van der Waals surface area contributed by atoms with E-state index < -0.39 is 11.7 Å². The lowest BCUT2D eigenvalue weighted by molar-refractivity contribution is 0.0688. The van der Waals surface area contributed by atoms with E-state index in [0.29, 0.717) is 0 Å². The molecule has 0 heterocycles. The van der Waals surface area contributed by atoms with Gasteiger partial charge in [0.15, 0.2) is 0 Å². The van der Waals surface area contributed by atoms with E-state index in [1.54, 1.807) is 0 Å². The molecule has 0 saturated carbocycles. The van der Waals surface area contributed by atoms with Gasteiger partial charge in [0.1, 0.15) is 29.4 Å². The number of rotatable bonds is 4. The van der Waals surface area contributed by atoms with Crippen LogP contribution in [0, 0.1) is 0 Å². The van der Waals surface area contributed by atoms with Crippen molar-refractivity contribution in [1.29, 1.82) is 0 Å². The Morgan fingerprint density at radius 3 is 2.42 bits per heavy atom. The Labute approximate surface area is 109 Å². The summed E-state index contributed by atoms with van der Waals surface area (Å²) in [5.41, 5.74) is 0.482. The molecule has 3 N–H and O–H groups in total. The van der Waals surface area contributed by atoms with Crippen molar-refractivity contribution in [2.75, 3.05) is 0 Å². The molecular weight excluding hydrogens is 248 g/mol. The Balaban J connectivity index is 2.27. The van der Waals surface area contributed by atoms with Crippen molar-refractivity contribution in [3.8, 4) is 17.2 Å². The van der Waals surface area contributed by atoms with Gasteiger partial charge in [-0.05, 0) is 5.56 Å². The molecule has 0 radical (unpaired) electrons. The van der Waals surface area contributed by atoms with Gasteiger partial charge in [-0.25, -0.2) is 4.79 Å². The van der Waals surface area contributed by atoms with Crippen molar-refractivity contribution < 1.29 is 24.9 Å². The van der Waals surface area contributed by atoms with Gasteiger partial charge < -0.3 is 20.1 Å². The molecule has 0 saturated heterocycles. The first kappa shape index (κ1) is 12.8. The molecule has 0 unspecified atom stereocenters. The molecule has 0 aromatic heterocycles. The van der Waals surface area contributed by atoms with Crippen LogP contribution in [0.15, 0.2) is 42.5 Å².